The van der Waals surface area contributed by atoms with Crippen molar-refractivity contribution in [3.63, 3.8) is 0 Å². The van der Waals surface area contributed by atoms with Crippen molar-refractivity contribution >= 4 is 0 Å². The zero-order valence-electron chi connectivity index (χ0n) is 9.14. The predicted molar refractivity (Wildman–Crippen MR) is 53.4 cm³/mol. The Bertz CT molecular complexity index is 288. The Morgan fingerprint density at radius 2 is 1.80 bits per heavy atom. The molecular formula is C9H17N3O3. The maximum absolute atomic E-state index is 9.06. The van der Waals surface area contributed by atoms with Crippen LogP contribution >= 0.6 is 0 Å². The fourth-order valence-electron chi connectivity index (χ4n) is 1.31. The Balaban J connectivity index is 2.70. The lowest BCUT2D eigenvalue weighted by atomic mass is 10.4. The van der Waals surface area contributed by atoms with E-state index in [1.165, 1.54) is 0 Å². The minimum atomic E-state index is -0.107. The van der Waals surface area contributed by atoms with Crippen LogP contribution in [0.5, 0.6) is 0 Å². The molecule has 0 aliphatic carbocycles. The third-order valence-electron chi connectivity index (χ3n) is 2.09. The van der Waals surface area contributed by atoms with Gasteiger partial charge in [-0.1, -0.05) is 0 Å². The highest BCUT2D eigenvalue weighted by Gasteiger charge is 2.10. The van der Waals surface area contributed by atoms with Gasteiger partial charge in [-0.05, 0) is 0 Å². The zero-order valence-corrected chi connectivity index (χ0v) is 9.14. The van der Waals surface area contributed by atoms with E-state index in [0.29, 0.717) is 32.0 Å². The summed E-state index contributed by atoms with van der Waals surface area (Å²) in [7, 11) is 3.28. The van der Waals surface area contributed by atoms with Gasteiger partial charge in [0.25, 0.3) is 0 Å². The Hall–Kier alpha value is -0.980. The molecule has 1 aromatic heterocycles. The van der Waals surface area contributed by atoms with Gasteiger partial charge in [-0.25, -0.2) is 0 Å². The maximum Gasteiger partial charge on any atom is 0.158 e. The van der Waals surface area contributed by atoms with Gasteiger partial charge in [0.05, 0.1) is 13.2 Å². The Morgan fingerprint density at radius 3 is 2.40 bits per heavy atom. The number of aliphatic hydroxyl groups is 1. The second-order valence-corrected chi connectivity index (χ2v) is 3.08. The van der Waals surface area contributed by atoms with Crippen molar-refractivity contribution in [1.29, 1.82) is 0 Å². The lowest BCUT2D eigenvalue weighted by Gasteiger charge is -2.08. The van der Waals surface area contributed by atoms with Crippen LogP contribution in [0.2, 0.25) is 0 Å². The van der Waals surface area contributed by atoms with Crippen molar-refractivity contribution in [1.82, 2.24) is 14.8 Å². The van der Waals surface area contributed by atoms with E-state index in [2.05, 4.69) is 10.2 Å². The maximum atomic E-state index is 9.06. The predicted octanol–water partition coefficient (Wildman–Crippen LogP) is -0.394. The zero-order chi connectivity index (χ0) is 11.1. The van der Waals surface area contributed by atoms with Gasteiger partial charge in [-0.15, -0.1) is 10.2 Å². The fourth-order valence-corrected chi connectivity index (χ4v) is 1.31. The average molecular weight is 215 g/mol. The summed E-state index contributed by atoms with van der Waals surface area (Å²) in [5.74, 6) is 1.39. The molecule has 15 heavy (non-hydrogen) atoms. The van der Waals surface area contributed by atoms with Crippen LogP contribution < -0.4 is 0 Å². The first-order chi connectivity index (χ1) is 7.33. The van der Waals surface area contributed by atoms with Crippen molar-refractivity contribution in [3.8, 4) is 0 Å². The molecule has 0 atom stereocenters. The number of ether oxygens (including phenoxy) is 2. The lowest BCUT2D eigenvalue weighted by molar-refractivity contribution is 0.177. The molecule has 1 N–H and O–H groups in total. The quantitative estimate of drug-likeness (QED) is 0.670. The number of rotatable bonds is 7. The fraction of sp³-hybridized carbons (Fsp3) is 0.778. The highest BCUT2D eigenvalue weighted by molar-refractivity contribution is 4.95. The number of nitrogens with zero attached hydrogens (tertiary/aromatic N) is 3. The molecule has 6 heteroatoms. The molecule has 0 amide bonds. The summed E-state index contributed by atoms with van der Waals surface area (Å²) < 4.78 is 11.8. The third kappa shape index (κ3) is 3.26. The number of hydrogen-bond donors (Lipinski definition) is 1. The first-order valence-corrected chi connectivity index (χ1v) is 4.83. The minimum Gasteiger partial charge on any atom is -0.388 e. The van der Waals surface area contributed by atoms with Gasteiger partial charge in [0.2, 0.25) is 0 Å². The second-order valence-electron chi connectivity index (χ2n) is 3.08. The van der Waals surface area contributed by atoms with E-state index < -0.39 is 0 Å². The standard InChI is InChI=1S/C9H17N3O3/c1-14-5-3-8-10-11-9(7-13)12(8)4-6-15-2/h13H,3-7H2,1-2H3. The molecule has 0 unspecified atom stereocenters. The number of hydrogen-bond acceptors (Lipinski definition) is 5. The number of aromatic nitrogens is 3. The summed E-state index contributed by atoms with van der Waals surface area (Å²) in [5, 5.41) is 16.9. The van der Waals surface area contributed by atoms with Crippen LogP contribution in [0.15, 0.2) is 0 Å². The summed E-state index contributed by atoms with van der Waals surface area (Å²) in [6, 6.07) is 0. The molecular weight excluding hydrogens is 198 g/mol. The molecule has 0 bridgehead atoms. The molecule has 6 nitrogen and oxygen atoms in total. The van der Waals surface area contributed by atoms with E-state index >= 15 is 0 Å². The van der Waals surface area contributed by atoms with Crippen LogP contribution in [-0.2, 0) is 29.0 Å². The Morgan fingerprint density at radius 1 is 1.13 bits per heavy atom. The molecule has 1 heterocycles. The number of aliphatic hydroxyl groups excluding tert-OH is 1. The molecule has 0 saturated heterocycles. The second kappa shape index (κ2) is 6.49. The van der Waals surface area contributed by atoms with Gasteiger partial charge < -0.3 is 19.1 Å². The van der Waals surface area contributed by atoms with Gasteiger partial charge in [0.1, 0.15) is 12.4 Å². The Labute approximate surface area is 88.8 Å². The van der Waals surface area contributed by atoms with Crippen LogP contribution in [0.3, 0.4) is 0 Å². The number of methoxy groups -OCH3 is 2. The summed E-state index contributed by atoms with van der Waals surface area (Å²) in [6.45, 7) is 1.71. The molecule has 0 aromatic carbocycles. The van der Waals surface area contributed by atoms with E-state index in [9.17, 15) is 0 Å². The van der Waals surface area contributed by atoms with Gasteiger partial charge in [0.15, 0.2) is 5.82 Å². The van der Waals surface area contributed by atoms with Crippen molar-refractivity contribution in [2.45, 2.75) is 19.6 Å². The minimum absolute atomic E-state index is 0.107. The monoisotopic (exact) mass is 215 g/mol. The van der Waals surface area contributed by atoms with Crippen molar-refractivity contribution in [3.05, 3.63) is 11.6 Å². The molecule has 0 aliphatic heterocycles. The van der Waals surface area contributed by atoms with Crippen LogP contribution in [0, 0.1) is 0 Å². The van der Waals surface area contributed by atoms with Gasteiger partial charge in [-0.3, -0.25) is 0 Å². The highest BCUT2D eigenvalue weighted by atomic mass is 16.5. The van der Waals surface area contributed by atoms with Crippen LogP contribution in [0.25, 0.3) is 0 Å². The van der Waals surface area contributed by atoms with Gasteiger partial charge in [-0.2, -0.15) is 0 Å². The van der Waals surface area contributed by atoms with Crippen molar-refractivity contribution in [2.24, 2.45) is 0 Å². The summed E-state index contributed by atoms with van der Waals surface area (Å²) in [6.07, 6.45) is 0.688. The molecule has 1 rings (SSSR count). The largest absolute Gasteiger partial charge is 0.388 e. The molecule has 0 spiro atoms. The van der Waals surface area contributed by atoms with Crippen LogP contribution in [-0.4, -0.2) is 47.3 Å². The smallest absolute Gasteiger partial charge is 0.158 e. The van der Waals surface area contributed by atoms with E-state index in [1.54, 1.807) is 14.2 Å². The molecule has 0 radical (unpaired) electrons. The SMILES string of the molecule is COCCc1nnc(CO)n1CCOC. The van der Waals surface area contributed by atoms with E-state index in [-0.39, 0.29) is 6.61 Å². The summed E-state index contributed by atoms with van der Waals surface area (Å²) in [5.41, 5.74) is 0. The normalized spacial score (nSPS) is 10.9. The van der Waals surface area contributed by atoms with Crippen molar-refractivity contribution in [2.75, 3.05) is 27.4 Å². The summed E-state index contributed by atoms with van der Waals surface area (Å²) >= 11 is 0. The Kier molecular flexibility index (Phi) is 5.23. The van der Waals surface area contributed by atoms with Crippen LogP contribution in [0.1, 0.15) is 11.6 Å². The third-order valence-corrected chi connectivity index (χ3v) is 2.09. The first kappa shape index (κ1) is 12.1. The topological polar surface area (TPSA) is 69.4 Å². The molecule has 0 aliphatic rings. The first-order valence-electron chi connectivity index (χ1n) is 4.83. The van der Waals surface area contributed by atoms with E-state index in [1.807, 2.05) is 4.57 Å². The van der Waals surface area contributed by atoms with Crippen LogP contribution in [0.4, 0.5) is 0 Å². The van der Waals surface area contributed by atoms with E-state index in [4.69, 9.17) is 14.6 Å². The lowest BCUT2D eigenvalue weighted by Crippen LogP contribution is -2.13. The molecule has 86 valence electrons. The van der Waals surface area contributed by atoms with Crippen molar-refractivity contribution < 1.29 is 14.6 Å². The van der Waals surface area contributed by atoms with E-state index in [0.717, 1.165) is 5.82 Å². The summed E-state index contributed by atoms with van der Waals surface area (Å²) in [4.78, 5) is 0. The van der Waals surface area contributed by atoms with Gasteiger partial charge in [0, 0.05) is 27.2 Å². The highest BCUT2D eigenvalue weighted by Crippen LogP contribution is 2.03. The average Bonchev–Trinajstić information content (AvgIpc) is 2.65. The van der Waals surface area contributed by atoms with Gasteiger partial charge >= 0.3 is 0 Å². The molecule has 1 aromatic rings. The molecule has 0 saturated carbocycles. The molecule has 0 fully saturated rings.